The monoisotopic (exact) mass is 304 g/mol. The van der Waals surface area contributed by atoms with Gasteiger partial charge in [-0.2, -0.15) is 0 Å². The number of piperidine rings is 2. The molecule has 0 aromatic heterocycles. The molecule has 4 heterocycles. The average Bonchev–Trinajstić information content (AvgIpc) is 2.45. The maximum absolute atomic E-state index is 12.9. The Morgan fingerprint density at radius 1 is 1.18 bits per heavy atom. The van der Waals surface area contributed by atoms with Crippen LogP contribution in [0.5, 0.6) is 11.5 Å². The van der Waals surface area contributed by atoms with E-state index in [1.807, 2.05) is 6.07 Å². The molecule has 0 radical (unpaired) electrons. The first-order valence-electron chi connectivity index (χ1n) is 8.14. The van der Waals surface area contributed by atoms with Gasteiger partial charge in [-0.15, -0.1) is 0 Å². The summed E-state index contributed by atoms with van der Waals surface area (Å²) in [7, 11) is 0. The molecule has 0 aliphatic carbocycles. The minimum atomic E-state index is -0.222. The minimum absolute atomic E-state index is 0.0900. The van der Waals surface area contributed by atoms with E-state index in [0.717, 1.165) is 38.2 Å². The van der Waals surface area contributed by atoms with Gasteiger partial charge < -0.3 is 10.2 Å². The summed E-state index contributed by atoms with van der Waals surface area (Å²) in [5.74, 6) is 0.718. The highest BCUT2D eigenvalue weighted by molar-refractivity contribution is 5.91. The van der Waals surface area contributed by atoms with Crippen LogP contribution in [0.3, 0.4) is 0 Å². The van der Waals surface area contributed by atoms with Crippen molar-refractivity contribution >= 4 is 5.78 Å². The van der Waals surface area contributed by atoms with Gasteiger partial charge in [0.05, 0.1) is 0 Å². The molecule has 118 valence electrons. The molecule has 0 spiro atoms. The normalized spacial score (nSPS) is 42.8. The molecule has 4 saturated heterocycles. The molecule has 4 aliphatic rings. The number of hydrogen-bond donors (Lipinski definition) is 4. The Balaban J connectivity index is 1.77. The number of nitrogens with one attached hydrogen (secondary N) is 2. The third kappa shape index (κ3) is 1.64. The van der Waals surface area contributed by atoms with E-state index >= 15 is 0 Å². The zero-order valence-corrected chi connectivity index (χ0v) is 13.1. The summed E-state index contributed by atoms with van der Waals surface area (Å²) in [4.78, 5) is 15.7. The van der Waals surface area contributed by atoms with E-state index in [-0.39, 0.29) is 28.5 Å². The molecule has 5 rings (SSSR count). The van der Waals surface area contributed by atoms with E-state index < -0.39 is 0 Å². The number of phenolic OH excluding ortho intramolecular Hbond substituents is 2. The second-order valence-corrected chi connectivity index (χ2v) is 7.72. The smallest absolute Gasteiger partial charge is 0.243 e. The Morgan fingerprint density at radius 3 is 2.36 bits per heavy atom. The summed E-state index contributed by atoms with van der Waals surface area (Å²) in [6, 6.07) is 4.90. The summed E-state index contributed by atoms with van der Waals surface area (Å²) >= 11 is 0. The second kappa shape index (κ2) is 4.24. The number of ketones is 1. The Labute approximate surface area is 130 Å². The van der Waals surface area contributed by atoms with Gasteiger partial charge in [0.2, 0.25) is 6.17 Å². The SMILES string of the molecule is CCC12C[NH+]3CC(C)(C[NH+](C1)C3c1ccc(O)cc1O)C2=O. The molecule has 4 fully saturated rings. The fraction of sp³-hybridized carbons (Fsp3) is 0.588. The molecular weight excluding hydrogens is 280 g/mol. The van der Waals surface area contributed by atoms with Gasteiger partial charge in [-0.3, -0.25) is 14.6 Å². The fourth-order valence-electron chi connectivity index (χ4n) is 5.41. The number of quaternary nitrogens is 2. The topological polar surface area (TPSA) is 66.4 Å². The van der Waals surface area contributed by atoms with Crippen molar-refractivity contribution in [2.45, 2.75) is 26.4 Å². The molecule has 2 unspecified atom stereocenters. The second-order valence-electron chi connectivity index (χ2n) is 7.72. The zero-order chi connectivity index (χ0) is 15.7. The van der Waals surface area contributed by atoms with Crippen molar-refractivity contribution < 1.29 is 24.8 Å². The maximum atomic E-state index is 12.9. The number of benzene rings is 1. The number of phenols is 2. The van der Waals surface area contributed by atoms with Gasteiger partial charge >= 0.3 is 0 Å². The van der Waals surface area contributed by atoms with Crippen LogP contribution in [-0.4, -0.2) is 42.2 Å². The largest absolute Gasteiger partial charge is 0.508 e. The van der Waals surface area contributed by atoms with Crippen molar-refractivity contribution in [2.75, 3.05) is 26.2 Å². The number of carbonyl (C=O) groups excluding carboxylic acids is 1. The Morgan fingerprint density at radius 2 is 1.82 bits per heavy atom. The fourth-order valence-corrected chi connectivity index (χ4v) is 5.41. The van der Waals surface area contributed by atoms with Gasteiger partial charge in [0.1, 0.15) is 54.1 Å². The van der Waals surface area contributed by atoms with Crippen molar-refractivity contribution in [1.29, 1.82) is 0 Å². The van der Waals surface area contributed by atoms with Gasteiger partial charge in [0.25, 0.3) is 0 Å². The van der Waals surface area contributed by atoms with E-state index in [4.69, 9.17) is 0 Å². The van der Waals surface area contributed by atoms with Crippen molar-refractivity contribution in [3.63, 3.8) is 0 Å². The highest BCUT2D eigenvalue weighted by Crippen LogP contribution is 2.39. The van der Waals surface area contributed by atoms with Crippen molar-refractivity contribution in [2.24, 2.45) is 10.8 Å². The van der Waals surface area contributed by atoms with Gasteiger partial charge in [-0.25, -0.2) is 0 Å². The lowest BCUT2D eigenvalue weighted by Gasteiger charge is -2.59. The first kappa shape index (κ1) is 14.0. The van der Waals surface area contributed by atoms with Crippen LogP contribution in [0.1, 0.15) is 32.0 Å². The lowest BCUT2D eigenvalue weighted by molar-refractivity contribution is -1.18. The average molecular weight is 304 g/mol. The highest BCUT2D eigenvalue weighted by Gasteiger charge is 2.69. The number of hydrogen-bond acceptors (Lipinski definition) is 3. The van der Waals surface area contributed by atoms with Crippen LogP contribution in [0, 0.1) is 10.8 Å². The molecule has 0 amide bonds. The molecule has 4 aliphatic heterocycles. The van der Waals surface area contributed by atoms with Gasteiger partial charge in [-0.05, 0) is 25.5 Å². The molecule has 2 atom stereocenters. The summed E-state index contributed by atoms with van der Waals surface area (Å²) < 4.78 is 0. The molecule has 0 saturated carbocycles. The van der Waals surface area contributed by atoms with Crippen LogP contribution in [0.15, 0.2) is 18.2 Å². The number of Topliss-reactive ketones (excluding diaryl/α,β-unsaturated/α-hetero) is 1. The molecule has 22 heavy (non-hydrogen) atoms. The first-order chi connectivity index (χ1) is 10.4. The van der Waals surface area contributed by atoms with Crippen LogP contribution >= 0.6 is 0 Å². The third-order valence-corrected chi connectivity index (χ3v) is 6.21. The molecule has 5 heteroatoms. The van der Waals surface area contributed by atoms with Crippen LogP contribution < -0.4 is 9.80 Å². The molecule has 1 aromatic carbocycles. The zero-order valence-electron chi connectivity index (χ0n) is 13.1. The lowest BCUT2D eigenvalue weighted by atomic mass is 9.60. The minimum Gasteiger partial charge on any atom is -0.508 e. The van der Waals surface area contributed by atoms with Crippen molar-refractivity contribution in [1.82, 2.24) is 0 Å². The van der Waals surface area contributed by atoms with E-state index in [1.165, 1.54) is 15.9 Å². The van der Waals surface area contributed by atoms with E-state index in [9.17, 15) is 15.0 Å². The van der Waals surface area contributed by atoms with Crippen LogP contribution in [0.25, 0.3) is 0 Å². The molecule has 4 bridgehead atoms. The van der Waals surface area contributed by atoms with Crippen LogP contribution in [-0.2, 0) is 4.79 Å². The standard InChI is InChI=1S/C17H22N2O3/c1-3-17-9-18-7-16(2,15(17)22)8-19(10-17)14(18)12-5-4-11(20)6-13(12)21/h4-6,14,20-21H,3,7-10H2,1-2H3/p+2. The van der Waals surface area contributed by atoms with Gasteiger partial charge in [-0.1, -0.05) is 6.92 Å². The number of carbonyl (C=O) groups is 1. The van der Waals surface area contributed by atoms with Crippen molar-refractivity contribution in [3.8, 4) is 11.5 Å². The quantitative estimate of drug-likeness (QED) is 0.560. The molecule has 5 nitrogen and oxygen atoms in total. The molecule has 4 N–H and O–H groups in total. The van der Waals surface area contributed by atoms with Gasteiger partial charge in [0.15, 0.2) is 5.78 Å². The Hall–Kier alpha value is -1.59. The van der Waals surface area contributed by atoms with Crippen LogP contribution in [0.4, 0.5) is 0 Å². The maximum Gasteiger partial charge on any atom is 0.243 e. The van der Waals surface area contributed by atoms with Crippen molar-refractivity contribution in [3.05, 3.63) is 23.8 Å². The summed E-state index contributed by atoms with van der Waals surface area (Å²) in [6.45, 7) is 7.68. The predicted octanol–water partition coefficient (Wildman–Crippen LogP) is -1.12. The van der Waals surface area contributed by atoms with E-state index in [1.54, 1.807) is 6.07 Å². The van der Waals surface area contributed by atoms with Crippen LogP contribution in [0.2, 0.25) is 0 Å². The number of rotatable bonds is 2. The highest BCUT2D eigenvalue weighted by atomic mass is 16.3. The molecular formula is C17H24N2O3+2. The lowest BCUT2D eigenvalue weighted by Crippen LogP contribution is -3.41. The summed E-state index contributed by atoms with van der Waals surface area (Å²) in [5, 5.41) is 19.8. The Bertz CT molecular complexity index is 641. The molecule has 1 aromatic rings. The summed E-state index contributed by atoms with van der Waals surface area (Å²) in [6.07, 6.45) is 1.07. The predicted molar refractivity (Wildman–Crippen MR) is 79.7 cm³/mol. The van der Waals surface area contributed by atoms with Gasteiger partial charge in [0, 0.05) is 6.07 Å². The third-order valence-electron chi connectivity index (χ3n) is 6.21. The van der Waals surface area contributed by atoms with E-state index in [0.29, 0.717) is 5.78 Å². The first-order valence-corrected chi connectivity index (χ1v) is 8.14. The summed E-state index contributed by atoms with van der Waals surface area (Å²) in [5.41, 5.74) is 0.489. The van der Waals surface area contributed by atoms with E-state index in [2.05, 4.69) is 13.8 Å². The number of aromatic hydroxyl groups is 2. The Kier molecular flexibility index (Phi) is 2.70.